The summed E-state index contributed by atoms with van der Waals surface area (Å²) in [6.45, 7) is 5.21. The van der Waals surface area contributed by atoms with Gasteiger partial charge in [0.05, 0.1) is 6.04 Å². The van der Waals surface area contributed by atoms with E-state index in [0.717, 1.165) is 26.2 Å². The molecule has 0 bridgehead atoms. The molecule has 1 fully saturated rings. The van der Waals surface area contributed by atoms with Crippen molar-refractivity contribution in [2.45, 2.75) is 13.0 Å². The smallest absolute Gasteiger partial charge is 0.240 e. The van der Waals surface area contributed by atoms with Crippen LogP contribution in [0.3, 0.4) is 0 Å². The summed E-state index contributed by atoms with van der Waals surface area (Å²) in [5.74, 6) is 0.131. The normalized spacial score (nSPS) is 20.7. The van der Waals surface area contributed by atoms with E-state index < -0.39 is 0 Å². The minimum atomic E-state index is -0.188. The largest absolute Gasteiger partial charge is 0.339 e. The van der Waals surface area contributed by atoms with Crippen LogP contribution in [-0.2, 0) is 4.79 Å². The highest BCUT2D eigenvalue weighted by Gasteiger charge is 2.20. The van der Waals surface area contributed by atoms with Gasteiger partial charge in [0, 0.05) is 26.2 Å². The van der Waals surface area contributed by atoms with Gasteiger partial charge < -0.3 is 10.2 Å². The highest BCUT2D eigenvalue weighted by atomic mass is 32.1. The van der Waals surface area contributed by atoms with Gasteiger partial charge in [0.25, 0.3) is 0 Å². The van der Waals surface area contributed by atoms with Gasteiger partial charge in [-0.05, 0) is 6.92 Å². The van der Waals surface area contributed by atoms with Gasteiger partial charge in [-0.3, -0.25) is 9.52 Å². The number of thiol groups is 1. The van der Waals surface area contributed by atoms with Gasteiger partial charge in [-0.1, -0.05) is 12.8 Å². The van der Waals surface area contributed by atoms with Crippen LogP contribution < -0.4 is 10.0 Å². The lowest BCUT2D eigenvalue weighted by molar-refractivity contribution is -0.133. The van der Waals surface area contributed by atoms with Crippen molar-refractivity contribution >= 4 is 18.7 Å². The lowest BCUT2D eigenvalue weighted by Gasteiger charge is -2.29. The Morgan fingerprint density at radius 1 is 1.58 bits per heavy atom. The SMILES string of the molecule is CC(NS)C(=O)N1CCNCC1. The van der Waals surface area contributed by atoms with Crippen molar-refractivity contribution in [3.63, 3.8) is 0 Å². The number of rotatable bonds is 2. The van der Waals surface area contributed by atoms with E-state index in [1.54, 1.807) is 0 Å². The number of nitrogens with one attached hydrogen (secondary N) is 2. The Labute approximate surface area is 78.2 Å². The molecule has 0 radical (unpaired) electrons. The van der Waals surface area contributed by atoms with E-state index in [9.17, 15) is 4.79 Å². The minimum Gasteiger partial charge on any atom is -0.339 e. The first kappa shape index (κ1) is 9.83. The van der Waals surface area contributed by atoms with Gasteiger partial charge >= 0.3 is 0 Å². The van der Waals surface area contributed by atoms with Crippen molar-refractivity contribution in [3.8, 4) is 0 Å². The number of carbonyl (C=O) groups excluding carboxylic acids is 1. The minimum absolute atomic E-state index is 0.131. The maximum Gasteiger partial charge on any atom is 0.240 e. The summed E-state index contributed by atoms with van der Waals surface area (Å²) in [5, 5.41) is 3.19. The molecule has 0 aromatic heterocycles. The van der Waals surface area contributed by atoms with Crippen molar-refractivity contribution < 1.29 is 4.79 Å². The maximum absolute atomic E-state index is 11.5. The molecule has 1 heterocycles. The second kappa shape index (κ2) is 4.69. The van der Waals surface area contributed by atoms with E-state index in [2.05, 4.69) is 22.9 Å². The van der Waals surface area contributed by atoms with E-state index in [4.69, 9.17) is 0 Å². The Hall–Kier alpha value is -0.260. The Morgan fingerprint density at radius 2 is 2.17 bits per heavy atom. The summed E-state index contributed by atoms with van der Waals surface area (Å²) < 4.78 is 2.64. The zero-order chi connectivity index (χ0) is 8.97. The molecule has 1 aliphatic heterocycles. The molecule has 1 aliphatic rings. The van der Waals surface area contributed by atoms with Crippen LogP contribution in [0.4, 0.5) is 0 Å². The molecule has 12 heavy (non-hydrogen) atoms. The fourth-order valence-corrected chi connectivity index (χ4v) is 1.32. The number of carbonyl (C=O) groups is 1. The molecule has 1 unspecified atom stereocenters. The quantitative estimate of drug-likeness (QED) is 0.500. The molecule has 70 valence electrons. The summed E-state index contributed by atoms with van der Waals surface area (Å²) >= 11 is 3.86. The molecule has 1 rings (SSSR count). The molecule has 4 nitrogen and oxygen atoms in total. The van der Waals surface area contributed by atoms with Crippen molar-refractivity contribution in [2.24, 2.45) is 0 Å². The van der Waals surface area contributed by atoms with Crippen LogP contribution in [0.5, 0.6) is 0 Å². The summed E-state index contributed by atoms with van der Waals surface area (Å²) in [6.07, 6.45) is 0. The fourth-order valence-electron chi connectivity index (χ4n) is 1.21. The number of amides is 1. The monoisotopic (exact) mass is 189 g/mol. The number of nitrogens with zero attached hydrogens (tertiary/aromatic N) is 1. The zero-order valence-electron chi connectivity index (χ0n) is 7.21. The first-order valence-electron chi connectivity index (χ1n) is 4.15. The summed E-state index contributed by atoms with van der Waals surface area (Å²) in [7, 11) is 0. The Bertz CT molecular complexity index is 159. The molecule has 1 saturated heterocycles. The van der Waals surface area contributed by atoms with Gasteiger partial charge in [0.2, 0.25) is 5.91 Å². The van der Waals surface area contributed by atoms with Crippen LogP contribution in [0.2, 0.25) is 0 Å². The summed E-state index contributed by atoms with van der Waals surface area (Å²) in [4.78, 5) is 13.4. The van der Waals surface area contributed by atoms with Crippen LogP contribution in [0.25, 0.3) is 0 Å². The predicted octanol–water partition coefficient (Wildman–Crippen LogP) is -0.759. The van der Waals surface area contributed by atoms with Gasteiger partial charge in [-0.25, -0.2) is 0 Å². The lowest BCUT2D eigenvalue weighted by atomic mass is 10.2. The second-order valence-corrected chi connectivity index (χ2v) is 3.18. The van der Waals surface area contributed by atoms with Gasteiger partial charge in [0.15, 0.2) is 0 Å². The molecular formula is C7H15N3OS. The number of hydrogen-bond acceptors (Lipinski definition) is 4. The third kappa shape index (κ3) is 2.36. The summed E-state index contributed by atoms with van der Waals surface area (Å²) in [5.41, 5.74) is 0. The van der Waals surface area contributed by atoms with Crippen molar-refractivity contribution in [3.05, 3.63) is 0 Å². The predicted molar refractivity (Wildman–Crippen MR) is 51.0 cm³/mol. The highest BCUT2D eigenvalue weighted by Crippen LogP contribution is 1.97. The molecule has 0 spiro atoms. The van der Waals surface area contributed by atoms with E-state index in [1.807, 2.05) is 11.8 Å². The van der Waals surface area contributed by atoms with E-state index in [0.29, 0.717) is 0 Å². The van der Waals surface area contributed by atoms with Crippen LogP contribution in [0.15, 0.2) is 0 Å². The van der Waals surface area contributed by atoms with Gasteiger partial charge in [-0.15, -0.1) is 0 Å². The third-order valence-corrected chi connectivity index (χ3v) is 2.38. The lowest BCUT2D eigenvalue weighted by Crippen LogP contribution is -2.51. The first-order valence-corrected chi connectivity index (χ1v) is 4.59. The van der Waals surface area contributed by atoms with Crippen LogP contribution in [0.1, 0.15) is 6.92 Å². The average Bonchev–Trinajstić information content (AvgIpc) is 2.17. The van der Waals surface area contributed by atoms with E-state index in [-0.39, 0.29) is 11.9 Å². The van der Waals surface area contributed by atoms with Gasteiger partial charge in [0.1, 0.15) is 0 Å². The summed E-state index contributed by atoms with van der Waals surface area (Å²) in [6, 6.07) is -0.188. The molecule has 1 atom stereocenters. The van der Waals surface area contributed by atoms with E-state index >= 15 is 0 Å². The molecule has 0 aliphatic carbocycles. The third-order valence-electron chi connectivity index (χ3n) is 1.99. The van der Waals surface area contributed by atoms with Crippen LogP contribution in [0, 0.1) is 0 Å². The van der Waals surface area contributed by atoms with Crippen molar-refractivity contribution in [1.29, 1.82) is 0 Å². The van der Waals surface area contributed by atoms with Crippen molar-refractivity contribution in [2.75, 3.05) is 26.2 Å². The second-order valence-electron chi connectivity index (χ2n) is 2.93. The molecule has 2 N–H and O–H groups in total. The Kier molecular flexibility index (Phi) is 3.84. The maximum atomic E-state index is 11.5. The molecule has 0 aromatic carbocycles. The molecule has 5 heteroatoms. The fraction of sp³-hybridized carbons (Fsp3) is 0.857. The topological polar surface area (TPSA) is 44.4 Å². The molecular weight excluding hydrogens is 174 g/mol. The number of hydrogen-bond donors (Lipinski definition) is 3. The Morgan fingerprint density at radius 3 is 2.67 bits per heavy atom. The van der Waals surface area contributed by atoms with Crippen molar-refractivity contribution in [1.82, 2.24) is 14.9 Å². The standard InChI is InChI=1S/C7H15N3OS/c1-6(9-12)7(11)10-4-2-8-3-5-10/h6,8-9,12H,2-5H2,1H3. The average molecular weight is 189 g/mol. The van der Waals surface area contributed by atoms with Gasteiger partial charge in [-0.2, -0.15) is 0 Å². The molecule has 0 aromatic rings. The molecule has 1 amide bonds. The van der Waals surface area contributed by atoms with Crippen LogP contribution >= 0.6 is 12.8 Å². The zero-order valence-corrected chi connectivity index (χ0v) is 8.10. The first-order chi connectivity index (χ1) is 5.75. The Balaban J connectivity index is 2.39. The van der Waals surface area contributed by atoms with Crippen LogP contribution in [-0.4, -0.2) is 43.0 Å². The van der Waals surface area contributed by atoms with E-state index in [1.165, 1.54) is 0 Å². The molecule has 0 saturated carbocycles. The number of piperazine rings is 1. The highest BCUT2D eigenvalue weighted by molar-refractivity contribution is 7.78.